The van der Waals surface area contributed by atoms with Gasteiger partial charge in [-0.25, -0.2) is 4.98 Å². The molecule has 1 amide bonds. The summed E-state index contributed by atoms with van der Waals surface area (Å²) in [4.78, 5) is 16.5. The molecular weight excluding hydrogens is 250 g/mol. The normalized spacial score (nSPS) is 20.6. The maximum Gasteiger partial charge on any atom is 0.253 e. The van der Waals surface area contributed by atoms with E-state index < -0.39 is 0 Å². The molecule has 110 valence electrons. The Labute approximate surface area is 121 Å². The quantitative estimate of drug-likeness (QED) is 0.867. The third kappa shape index (κ3) is 3.50. The van der Waals surface area contributed by atoms with Crippen molar-refractivity contribution in [1.82, 2.24) is 10.3 Å². The number of pyridine rings is 1. The van der Waals surface area contributed by atoms with Gasteiger partial charge in [-0.2, -0.15) is 0 Å². The number of hydrogen-bond acceptors (Lipinski definition) is 3. The van der Waals surface area contributed by atoms with Gasteiger partial charge in [-0.05, 0) is 36.8 Å². The van der Waals surface area contributed by atoms with E-state index in [0.717, 1.165) is 25.2 Å². The maximum absolute atomic E-state index is 12.2. The number of aromatic nitrogens is 1. The van der Waals surface area contributed by atoms with Gasteiger partial charge in [-0.1, -0.05) is 27.2 Å². The summed E-state index contributed by atoms with van der Waals surface area (Å²) in [7, 11) is 0. The van der Waals surface area contributed by atoms with Gasteiger partial charge in [0.1, 0.15) is 5.82 Å². The van der Waals surface area contributed by atoms with Gasteiger partial charge in [0, 0.05) is 18.8 Å². The fraction of sp³-hybridized carbons (Fsp3) is 0.625. The van der Waals surface area contributed by atoms with Crippen LogP contribution in [0.2, 0.25) is 0 Å². The van der Waals surface area contributed by atoms with E-state index >= 15 is 0 Å². The second-order valence-electron chi connectivity index (χ2n) is 6.27. The van der Waals surface area contributed by atoms with E-state index in [1.54, 1.807) is 6.20 Å². The third-order valence-corrected chi connectivity index (χ3v) is 4.14. The van der Waals surface area contributed by atoms with Crippen molar-refractivity contribution in [3.63, 3.8) is 0 Å². The molecule has 0 saturated heterocycles. The Bertz CT molecular complexity index is 453. The van der Waals surface area contributed by atoms with E-state index in [2.05, 4.69) is 36.4 Å². The Morgan fingerprint density at radius 2 is 2.25 bits per heavy atom. The molecule has 0 radical (unpaired) electrons. The summed E-state index contributed by atoms with van der Waals surface area (Å²) in [6.45, 7) is 7.45. The zero-order valence-corrected chi connectivity index (χ0v) is 12.7. The Morgan fingerprint density at radius 1 is 1.45 bits per heavy atom. The fourth-order valence-electron chi connectivity index (χ4n) is 2.72. The summed E-state index contributed by atoms with van der Waals surface area (Å²) in [5.41, 5.74) is 0.834. The highest BCUT2D eigenvalue weighted by atomic mass is 16.1. The molecule has 1 aromatic heterocycles. The number of nitrogens with one attached hydrogen (secondary N) is 2. The first-order valence-electron chi connectivity index (χ1n) is 7.54. The van der Waals surface area contributed by atoms with Crippen molar-refractivity contribution in [2.75, 3.05) is 11.9 Å². The van der Waals surface area contributed by atoms with Crippen LogP contribution in [-0.4, -0.2) is 23.5 Å². The van der Waals surface area contributed by atoms with Crippen LogP contribution in [0, 0.1) is 5.41 Å². The van der Waals surface area contributed by atoms with Gasteiger partial charge < -0.3 is 10.6 Å². The van der Waals surface area contributed by atoms with Crippen LogP contribution in [0.1, 0.15) is 56.8 Å². The summed E-state index contributed by atoms with van der Waals surface area (Å²) in [6, 6.07) is 3.97. The average Bonchev–Trinajstić information content (AvgIpc) is 2.76. The van der Waals surface area contributed by atoms with E-state index in [1.165, 1.54) is 12.8 Å². The molecule has 0 aliphatic heterocycles. The van der Waals surface area contributed by atoms with Gasteiger partial charge >= 0.3 is 0 Å². The molecule has 0 aromatic carbocycles. The molecular formula is C16H25N3O. The predicted molar refractivity (Wildman–Crippen MR) is 81.9 cm³/mol. The van der Waals surface area contributed by atoms with Crippen LogP contribution < -0.4 is 10.6 Å². The molecule has 1 atom stereocenters. The van der Waals surface area contributed by atoms with Crippen LogP contribution in [0.25, 0.3) is 0 Å². The SMILES string of the molecule is CCCNc1ccc(C(=O)NC2CCCC2(C)C)cn1. The number of carbonyl (C=O) groups is 1. The van der Waals surface area contributed by atoms with E-state index in [9.17, 15) is 4.79 Å². The Balaban J connectivity index is 1.95. The number of anilines is 1. The molecule has 20 heavy (non-hydrogen) atoms. The molecule has 0 bridgehead atoms. The highest BCUT2D eigenvalue weighted by molar-refractivity contribution is 5.94. The van der Waals surface area contributed by atoms with E-state index in [-0.39, 0.29) is 17.4 Å². The zero-order valence-electron chi connectivity index (χ0n) is 12.7. The van der Waals surface area contributed by atoms with Crippen LogP contribution >= 0.6 is 0 Å². The van der Waals surface area contributed by atoms with Crippen LogP contribution in [0.4, 0.5) is 5.82 Å². The Hall–Kier alpha value is -1.58. The molecule has 1 aliphatic carbocycles. The minimum atomic E-state index is -0.0143. The van der Waals surface area contributed by atoms with Gasteiger partial charge in [0.15, 0.2) is 0 Å². The molecule has 1 heterocycles. The summed E-state index contributed by atoms with van der Waals surface area (Å²) in [5.74, 6) is 0.809. The molecule has 4 heteroatoms. The largest absolute Gasteiger partial charge is 0.370 e. The lowest BCUT2D eigenvalue weighted by Crippen LogP contribution is -2.41. The van der Waals surface area contributed by atoms with Crippen molar-refractivity contribution in [2.24, 2.45) is 5.41 Å². The van der Waals surface area contributed by atoms with E-state index in [0.29, 0.717) is 5.56 Å². The maximum atomic E-state index is 12.2. The van der Waals surface area contributed by atoms with Crippen molar-refractivity contribution in [3.05, 3.63) is 23.9 Å². The summed E-state index contributed by atoms with van der Waals surface area (Å²) >= 11 is 0. The highest BCUT2D eigenvalue weighted by Crippen LogP contribution is 2.37. The van der Waals surface area contributed by atoms with Crippen molar-refractivity contribution >= 4 is 11.7 Å². The number of nitrogens with zero attached hydrogens (tertiary/aromatic N) is 1. The lowest BCUT2D eigenvalue weighted by atomic mass is 9.87. The van der Waals surface area contributed by atoms with E-state index in [4.69, 9.17) is 0 Å². The fourth-order valence-corrected chi connectivity index (χ4v) is 2.72. The monoisotopic (exact) mass is 275 g/mol. The smallest absolute Gasteiger partial charge is 0.253 e. The van der Waals surface area contributed by atoms with E-state index in [1.807, 2.05) is 12.1 Å². The first-order valence-corrected chi connectivity index (χ1v) is 7.54. The lowest BCUT2D eigenvalue weighted by Gasteiger charge is -2.27. The van der Waals surface area contributed by atoms with Crippen LogP contribution in [-0.2, 0) is 0 Å². The summed E-state index contributed by atoms with van der Waals surface area (Å²) in [5, 5.41) is 6.35. The van der Waals surface area contributed by atoms with Gasteiger partial charge in [-0.3, -0.25) is 4.79 Å². The highest BCUT2D eigenvalue weighted by Gasteiger charge is 2.35. The zero-order chi connectivity index (χ0) is 14.6. The molecule has 0 spiro atoms. The van der Waals surface area contributed by atoms with Crippen LogP contribution in [0.3, 0.4) is 0 Å². The molecule has 1 saturated carbocycles. The summed E-state index contributed by atoms with van der Waals surface area (Å²) in [6.07, 6.45) is 6.14. The standard InChI is InChI=1S/C16H25N3O/c1-4-10-17-14-8-7-12(11-18-14)15(20)19-13-6-5-9-16(13,2)3/h7-8,11,13H,4-6,9-10H2,1-3H3,(H,17,18)(H,19,20). The Kier molecular flexibility index (Phi) is 4.63. The van der Waals surface area contributed by atoms with Crippen molar-refractivity contribution in [3.8, 4) is 0 Å². The number of rotatable bonds is 5. The average molecular weight is 275 g/mol. The molecule has 2 N–H and O–H groups in total. The van der Waals surface area contributed by atoms with Gasteiger partial charge in [0.2, 0.25) is 0 Å². The molecule has 1 aliphatic rings. The molecule has 1 aromatic rings. The van der Waals surface area contributed by atoms with Crippen molar-refractivity contribution in [1.29, 1.82) is 0 Å². The number of hydrogen-bond donors (Lipinski definition) is 2. The third-order valence-electron chi connectivity index (χ3n) is 4.14. The second-order valence-corrected chi connectivity index (χ2v) is 6.27. The van der Waals surface area contributed by atoms with Crippen molar-refractivity contribution in [2.45, 2.75) is 52.5 Å². The minimum absolute atomic E-state index is 0.0143. The lowest BCUT2D eigenvalue weighted by molar-refractivity contribution is 0.0909. The van der Waals surface area contributed by atoms with Crippen LogP contribution in [0.5, 0.6) is 0 Å². The van der Waals surface area contributed by atoms with Crippen LogP contribution in [0.15, 0.2) is 18.3 Å². The Morgan fingerprint density at radius 3 is 2.80 bits per heavy atom. The summed E-state index contributed by atoms with van der Waals surface area (Å²) < 4.78 is 0. The molecule has 4 nitrogen and oxygen atoms in total. The second kappa shape index (κ2) is 6.25. The molecule has 1 fully saturated rings. The van der Waals surface area contributed by atoms with Gasteiger partial charge in [0.05, 0.1) is 5.56 Å². The predicted octanol–water partition coefficient (Wildman–Crippen LogP) is 3.21. The minimum Gasteiger partial charge on any atom is -0.370 e. The number of amides is 1. The molecule has 2 rings (SSSR count). The first-order chi connectivity index (χ1) is 9.53. The number of carbonyl (C=O) groups excluding carboxylic acids is 1. The van der Waals surface area contributed by atoms with Gasteiger partial charge in [-0.15, -0.1) is 0 Å². The van der Waals surface area contributed by atoms with Gasteiger partial charge in [0.25, 0.3) is 5.91 Å². The topological polar surface area (TPSA) is 54.0 Å². The van der Waals surface area contributed by atoms with Crippen molar-refractivity contribution < 1.29 is 4.79 Å². The molecule has 1 unspecified atom stereocenters. The first kappa shape index (κ1) is 14.8.